The minimum Gasteiger partial charge on any atom is -0.315 e. The van der Waals surface area contributed by atoms with E-state index in [0.29, 0.717) is 22.3 Å². The summed E-state index contributed by atoms with van der Waals surface area (Å²) in [6.45, 7) is 0.628. The summed E-state index contributed by atoms with van der Waals surface area (Å²) in [5.41, 5.74) is 0.339. The van der Waals surface area contributed by atoms with E-state index >= 15 is 0 Å². The number of hydrogen-bond donors (Lipinski definition) is 2. The van der Waals surface area contributed by atoms with Crippen LogP contribution in [0.5, 0.6) is 0 Å². The van der Waals surface area contributed by atoms with Gasteiger partial charge in [0.2, 0.25) is 0 Å². The monoisotopic (exact) mass is 350 g/mol. The molecular weight excluding hydrogens is 339 g/mol. The van der Waals surface area contributed by atoms with Crippen LogP contribution >= 0.6 is 34.5 Å². The van der Waals surface area contributed by atoms with Crippen LogP contribution in [0.25, 0.3) is 0 Å². The Hall–Kier alpha value is -0.790. The normalized spacial score (nSPS) is 11.6. The first kappa shape index (κ1) is 15.6. The van der Waals surface area contributed by atoms with Crippen LogP contribution < -0.4 is 10.0 Å². The van der Waals surface area contributed by atoms with E-state index in [0.717, 1.165) is 4.88 Å². The minimum atomic E-state index is -3.62. The van der Waals surface area contributed by atoms with Crippen molar-refractivity contribution in [2.75, 3.05) is 11.8 Å². The highest BCUT2D eigenvalue weighted by Crippen LogP contribution is 2.27. The van der Waals surface area contributed by atoms with E-state index < -0.39 is 10.0 Å². The van der Waals surface area contributed by atoms with Gasteiger partial charge in [-0.15, -0.1) is 11.3 Å². The van der Waals surface area contributed by atoms with E-state index in [9.17, 15) is 8.42 Å². The van der Waals surface area contributed by atoms with Gasteiger partial charge >= 0.3 is 0 Å². The van der Waals surface area contributed by atoms with Crippen LogP contribution in [0, 0.1) is 0 Å². The topological polar surface area (TPSA) is 58.2 Å². The lowest BCUT2D eigenvalue weighted by Gasteiger charge is -2.07. The number of rotatable bonds is 5. The molecule has 1 heterocycles. The van der Waals surface area contributed by atoms with Gasteiger partial charge in [0.1, 0.15) is 4.21 Å². The van der Waals surface area contributed by atoms with Crippen LogP contribution in [-0.2, 0) is 16.6 Å². The van der Waals surface area contributed by atoms with Gasteiger partial charge in [0.25, 0.3) is 10.0 Å². The molecule has 8 heteroatoms. The van der Waals surface area contributed by atoms with Crippen molar-refractivity contribution in [1.82, 2.24) is 5.32 Å². The van der Waals surface area contributed by atoms with Gasteiger partial charge < -0.3 is 5.32 Å². The Kier molecular flexibility index (Phi) is 4.93. The number of thiophene rings is 1. The first-order chi connectivity index (χ1) is 9.40. The predicted molar refractivity (Wildman–Crippen MR) is 84.4 cm³/mol. The molecule has 0 aliphatic rings. The second kappa shape index (κ2) is 6.32. The molecule has 2 aromatic rings. The number of anilines is 1. The molecule has 0 atom stereocenters. The lowest BCUT2D eigenvalue weighted by Crippen LogP contribution is -2.11. The largest absolute Gasteiger partial charge is 0.315 e. The van der Waals surface area contributed by atoms with Crippen molar-refractivity contribution in [3.63, 3.8) is 0 Å². The summed E-state index contributed by atoms with van der Waals surface area (Å²) >= 11 is 12.9. The zero-order valence-corrected chi connectivity index (χ0v) is 13.6. The molecule has 2 N–H and O–H groups in total. The first-order valence-electron chi connectivity index (χ1n) is 5.63. The van der Waals surface area contributed by atoms with Crippen molar-refractivity contribution < 1.29 is 8.42 Å². The Morgan fingerprint density at radius 3 is 2.40 bits per heavy atom. The molecule has 4 nitrogen and oxygen atoms in total. The molecular formula is C12H12Cl2N2O2S2. The molecule has 0 fully saturated rings. The highest BCUT2D eigenvalue weighted by molar-refractivity contribution is 7.94. The highest BCUT2D eigenvalue weighted by atomic mass is 35.5. The van der Waals surface area contributed by atoms with E-state index in [1.54, 1.807) is 19.2 Å². The van der Waals surface area contributed by atoms with Gasteiger partial charge in [0, 0.05) is 21.5 Å². The third kappa shape index (κ3) is 3.86. The molecule has 0 amide bonds. The predicted octanol–water partition coefficient (Wildman–Crippen LogP) is 3.58. The Balaban J connectivity index is 2.25. The summed E-state index contributed by atoms with van der Waals surface area (Å²) in [5.74, 6) is 0. The van der Waals surface area contributed by atoms with E-state index in [2.05, 4.69) is 10.0 Å². The van der Waals surface area contributed by atoms with E-state index in [4.69, 9.17) is 23.2 Å². The summed E-state index contributed by atoms with van der Waals surface area (Å²) in [6.07, 6.45) is 0. The Bertz CT molecular complexity index is 694. The smallest absolute Gasteiger partial charge is 0.271 e. The number of hydrogen-bond acceptors (Lipinski definition) is 4. The van der Waals surface area contributed by atoms with E-state index in [-0.39, 0.29) is 4.21 Å². The maximum absolute atomic E-state index is 12.2. The third-order valence-electron chi connectivity index (χ3n) is 2.37. The zero-order valence-electron chi connectivity index (χ0n) is 10.5. The van der Waals surface area contributed by atoms with Gasteiger partial charge in [-0.1, -0.05) is 23.2 Å². The van der Waals surface area contributed by atoms with Crippen LogP contribution in [0.2, 0.25) is 10.0 Å². The molecule has 2 rings (SSSR count). The summed E-state index contributed by atoms with van der Waals surface area (Å²) < 4.78 is 27.2. The van der Waals surface area contributed by atoms with Gasteiger partial charge in [0.05, 0.1) is 5.69 Å². The molecule has 0 saturated carbocycles. The summed E-state index contributed by atoms with van der Waals surface area (Å²) in [4.78, 5) is 0.942. The van der Waals surface area contributed by atoms with Crippen LogP contribution in [0.4, 0.5) is 5.69 Å². The van der Waals surface area contributed by atoms with E-state index in [1.807, 2.05) is 0 Å². The van der Waals surface area contributed by atoms with Crippen molar-refractivity contribution in [3.8, 4) is 0 Å². The SMILES string of the molecule is CNCc1ccc(S(=O)(=O)Nc2cc(Cl)cc(Cl)c2)s1. The minimum absolute atomic E-state index is 0.249. The fourth-order valence-corrected chi connectivity index (χ4v) is 4.52. The average Bonchev–Trinajstić information content (AvgIpc) is 2.76. The van der Waals surface area contributed by atoms with Crippen molar-refractivity contribution >= 4 is 50.2 Å². The first-order valence-corrected chi connectivity index (χ1v) is 8.68. The van der Waals surface area contributed by atoms with Crippen molar-refractivity contribution in [1.29, 1.82) is 0 Å². The molecule has 0 saturated heterocycles. The maximum atomic E-state index is 12.2. The summed E-state index contributed by atoms with van der Waals surface area (Å²) in [6, 6.07) is 7.91. The molecule has 0 radical (unpaired) electrons. The zero-order chi connectivity index (χ0) is 14.8. The molecule has 0 aliphatic heterocycles. The fraction of sp³-hybridized carbons (Fsp3) is 0.167. The number of halogens is 2. The average molecular weight is 351 g/mol. The summed E-state index contributed by atoms with van der Waals surface area (Å²) in [5, 5.41) is 3.72. The third-order valence-corrected chi connectivity index (χ3v) is 5.76. The molecule has 0 unspecified atom stereocenters. The Morgan fingerprint density at radius 1 is 1.15 bits per heavy atom. The van der Waals surface area contributed by atoms with Crippen LogP contribution in [0.1, 0.15) is 4.88 Å². The van der Waals surface area contributed by atoms with Crippen LogP contribution in [0.3, 0.4) is 0 Å². The second-order valence-electron chi connectivity index (χ2n) is 4.01. The molecule has 0 spiro atoms. The standard InChI is InChI=1S/C12H12Cl2N2O2S2/c1-15-7-11-2-3-12(19-11)20(17,18)16-10-5-8(13)4-9(14)6-10/h2-6,15-16H,7H2,1H3. The molecule has 1 aromatic carbocycles. The molecule has 20 heavy (non-hydrogen) atoms. The van der Waals surface area contributed by atoms with Crippen molar-refractivity contribution in [2.24, 2.45) is 0 Å². The van der Waals surface area contributed by atoms with Gasteiger partial charge in [-0.05, 0) is 37.4 Å². The van der Waals surface area contributed by atoms with E-state index in [1.165, 1.54) is 29.5 Å². The maximum Gasteiger partial charge on any atom is 0.271 e. The fourth-order valence-electron chi connectivity index (χ4n) is 1.59. The lowest BCUT2D eigenvalue weighted by molar-refractivity contribution is 0.603. The van der Waals surface area contributed by atoms with Crippen molar-refractivity contribution in [3.05, 3.63) is 45.3 Å². The van der Waals surface area contributed by atoms with Gasteiger partial charge in [-0.25, -0.2) is 8.42 Å². The Morgan fingerprint density at radius 2 is 1.80 bits per heavy atom. The number of benzene rings is 1. The van der Waals surface area contributed by atoms with Crippen LogP contribution in [-0.4, -0.2) is 15.5 Å². The van der Waals surface area contributed by atoms with Crippen molar-refractivity contribution in [2.45, 2.75) is 10.8 Å². The summed E-state index contributed by atoms with van der Waals surface area (Å²) in [7, 11) is -1.82. The highest BCUT2D eigenvalue weighted by Gasteiger charge is 2.17. The second-order valence-corrected chi connectivity index (χ2v) is 7.97. The molecule has 1 aromatic heterocycles. The lowest BCUT2D eigenvalue weighted by atomic mass is 10.3. The van der Waals surface area contributed by atoms with Gasteiger partial charge in [0.15, 0.2) is 0 Å². The Labute approximate surface area is 131 Å². The molecule has 0 bridgehead atoms. The van der Waals surface area contributed by atoms with Gasteiger partial charge in [-0.3, -0.25) is 4.72 Å². The van der Waals surface area contributed by atoms with Crippen LogP contribution in [0.15, 0.2) is 34.5 Å². The molecule has 0 aliphatic carbocycles. The number of sulfonamides is 1. The quantitative estimate of drug-likeness (QED) is 0.866. The molecule has 108 valence electrons. The number of nitrogens with one attached hydrogen (secondary N) is 2. The van der Waals surface area contributed by atoms with Gasteiger partial charge in [-0.2, -0.15) is 0 Å².